The topological polar surface area (TPSA) is 45.5 Å². The van der Waals surface area contributed by atoms with Crippen molar-refractivity contribution < 1.29 is 14.2 Å². The Labute approximate surface area is 208 Å². The van der Waals surface area contributed by atoms with Crippen LogP contribution in [0.15, 0.2) is 72.8 Å². The van der Waals surface area contributed by atoms with E-state index in [1.165, 1.54) is 5.56 Å². The maximum absolute atomic E-state index is 6.15. The Bertz CT molecular complexity index is 1300. The lowest BCUT2D eigenvalue weighted by Gasteiger charge is -2.19. The highest BCUT2D eigenvalue weighted by atomic mass is 16.5. The molecule has 0 radical (unpaired) electrons. The van der Waals surface area contributed by atoms with E-state index in [4.69, 9.17) is 19.2 Å². The highest BCUT2D eigenvalue weighted by Crippen LogP contribution is 2.30. The largest absolute Gasteiger partial charge is 0.493 e. The second-order valence-corrected chi connectivity index (χ2v) is 9.49. The van der Waals surface area contributed by atoms with E-state index in [0.29, 0.717) is 31.3 Å². The summed E-state index contributed by atoms with van der Waals surface area (Å²) in [6, 6.07) is 22.4. The van der Waals surface area contributed by atoms with Gasteiger partial charge in [-0.1, -0.05) is 63.3 Å². The number of ether oxygens (including phenoxy) is 3. The Hall–Kier alpha value is -3.73. The number of imidazole rings is 1. The summed E-state index contributed by atoms with van der Waals surface area (Å²) in [6.07, 6.45) is 4.03. The van der Waals surface area contributed by atoms with Crippen LogP contribution in [0.4, 0.5) is 0 Å². The van der Waals surface area contributed by atoms with Gasteiger partial charge in [0.15, 0.2) is 11.5 Å². The van der Waals surface area contributed by atoms with Gasteiger partial charge < -0.3 is 18.8 Å². The van der Waals surface area contributed by atoms with Crippen LogP contribution in [-0.2, 0) is 18.6 Å². The van der Waals surface area contributed by atoms with Crippen molar-refractivity contribution in [1.29, 1.82) is 0 Å². The number of benzene rings is 3. The summed E-state index contributed by atoms with van der Waals surface area (Å²) < 4.78 is 19.9. The summed E-state index contributed by atoms with van der Waals surface area (Å²) in [5.74, 6) is 3.10. The van der Waals surface area contributed by atoms with Crippen LogP contribution in [0, 0.1) is 0 Å². The average molecular weight is 471 g/mol. The standard InChI is InChI=1S/C30H34N2O3/c1-6-9-22-12-17-27(28(20-22)33-5)35-21-29-31-25-10-7-8-11-26(25)32(29)18-19-34-24-15-13-23(14-16-24)30(2,3)4/h6-17,20H,18-19,21H2,1-5H3/b9-6-. The Morgan fingerprint density at radius 1 is 0.914 bits per heavy atom. The van der Waals surface area contributed by atoms with Crippen molar-refractivity contribution in [2.24, 2.45) is 0 Å². The van der Waals surface area contributed by atoms with Crippen LogP contribution in [0.3, 0.4) is 0 Å². The molecule has 0 atom stereocenters. The van der Waals surface area contributed by atoms with E-state index < -0.39 is 0 Å². The van der Waals surface area contributed by atoms with Crippen molar-refractivity contribution in [2.45, 2.75) is 46.3 Å². The number of allylic oxidation sites excluding steroid dienone is 1. The maximum atomic E-state index is 6.15. The van der Waals surface area contributed by atoms with Gasteiger partial charge in [0.25, 0.3) is 0 Å². The van der Waals surface area contributed by atoms with Gasteiger partial charge in [-0.3, -0.25) is 0 Å². The summed E-state index contributed by atoms with van der Waals surface area (Å²) in [6.45, 7) is 10.1. The molecule has 0 aliphatic rings. The third-order valence-corrected chi connectivity index (χ3v) is 5.94. The van der Waals surface area contributed by atoms with E-state index in [9.17, 15) is 0 Å². The van der Waals surface area contributed by atoms with Crippen molar-refractivity contribution in [3.63, 3.8) is 0 Å². The quantitative estimate of drug-likeness (QED) is 0.263. The van der Waals surface area contributed by atoms with E-state index in [0.717, 1.165) is 28.2 Å². The number of nitrogens with zero attached hydrogens (tertiary/aromatic N) is 2. The van der Waals surface area contributed by atoms with Crippen molar-refractivity contribution in [3.8, 4) is 17.2 Å². The minimum absolute atomic E-state index is 0.124. The van der Waals surface area contributed by atoms with Crippen LogP contribution < -0.4 is 14.2 Å². The predicted octanol–water partition coefficient (Wildman–Crippen LogP) is 7.03. The van der Waals surface area contributed by atoms with Crippen LogP contribution >= 0.6 is 0 Å². The highest BCUT2D eigenvalue weighted by Gasteiger charge is 2.14. The van der Waals surface area contributed by atoms with E-state index in [1.807, 2.05) is 67.6 Å². The lowest BCUT2D eigenvalue weighted by Crippen LogP contribution is -2.13. The van der Waals surface area contributed by atoms with Gasteiger partial charge in [-0.15, -0.1) is 0 Å². The molecule has 5 nitrogen and oxygen atoms in total. The summed E-state index contributed by atoms with van der Waals surface area (Å²) in [5.41, 5.74) is 4.48. The predicted molar refractivity (Wildman–Crippen MR) is 142 cm³/mol. The molecule has 4 aromatic rings. The van der Waals surface area contributed by atoms with E-state index in [-0.39, 0.29) is 5.41 Å². The van der Waals surface area contributed by atoms with Gasteiger partial charge >= 0.3 is 0 Å². The molecule has 0 spiro atoms. The number of methoxy groups -OCH3 is 1. The van der Waals surface area contributed by atoms with Crippen molar-refractivity contribution >= 4 is 17.1 Å². The fourth-order valence-corrected chi connectivity index (χ4v) is 4.03. The lowest BCUT2D eigenvalue weighted by atomic mass is 9.87. The molecule has 0 fully saturated rings. The van der Waals surface area contributed by atoms with E-state index in [2.05, 4.69) is 43.5 Å². The Morgan fingerprint density at radius 3 is 2.40 bits per heavy atom. The molecular formula is C30H34N2O3. The van der Waals surface area contributed by atoms with Crippen LogP contribution in [0.1, 0.15) is 44.6 Å². The van der Waals surface area contributed by atoms with Gasteiger partial charge in [-0.2, -0.15) is 0 Å². The SMILES string of the molecule is C/C=C\c1ccc(OCc2nc3ccccc3n2CCOc2ccc(C(C)(C)C)cc2)c(OC)c1. The molecule has 5 heteroatoms. The van der Waals surface area contributed by atoms with Gasteiger partial charge in [0, 0.05) is 0 Å². The summed E-state index contributed by atoms with van der Waals surface area (Å²) in [5, 5.41) is 0. The smallest absolute Gasteiger partial charge is 0.161 e. The summed E-state index contributed by atoms with van der Waals surface area (Å²) in [7, 11) is 1.66. The van der Waals surface area contributed by atoms with Crippen molar-refractivity contribution in [2.75, 3.05) is 13.7 Å². The van der Waals surface area contributed by atoms with Crippen molar-refractivity contribution in [3.05, 3.63) is 89.8 Å². The normalized spacial score (nSPS) is 11.8. The molecule has 0 amide bonds. The zero-order valence-electron chi connectivity index (χ0n) is 21.2. The van der Waals surface area contributed by atoms with Crippen molar-refractivity contribution in [1.82, 2.24) is 9.55 Å². The molecule has 0 aliphatic carbocycles. The molecule has 4 rings (SSSR count). The summed E-state index contributed by atoms with van der Waals surface area (Å²) >= 11 is 0. The molecule has 35 heavy (non-hydrogen) atoms. The zero-order chi connectivity index (χ0) is 24.8. The molecule has 1 heterocycles. The first kappa shape index (κ1) is 24.4. The molecular weight excluding hydrogens is 436 g/mol. The summed E-state index contributed by atoms with van der Waals surface area (Å²) in [4.78, 5) is 4.82. The zero-order valence-corrected chi connectivity index (χ0v) is 21.2. The molecule has 0 bridgehead atoms. The first-order chi connectivity index (χ1) is 16.9. The van der Waals surface area contributed by atoms with Gasteiger partial charge in [-0.05, 0) is 59.9 Å². The second kappa shape index (κ2) is 10.7. The minimum atomic E-state index is 0.124. The molecule has 0 N–H and O–H groups in total. The Balaban J connectivity index is 1.48. The van der Waals surface area contributed by atoms with E-state index >= 15 is 0 Å². The van der Waals surface area contributed by atoms with Gasteiger partial charge in [0.1, 0.15) is 24.8 Å². The number of aromatic nitrogens is 2. The van der Waals surface area contributed by atoms with Gasteiger partial charge in [-0.25, -0.2) is 4.98 Å². The molecule has 0 saturated heterocycles. The maximum Gasteiger partial charge on any atom is 0.161 e. The fraction of sp³-hybridized carbons (Fsp3) is 0.300. The van der Waals surface area contributed by atoms with E-state index in [1.54, 1.807) is 7.11 Å². The van der Waals surface area contributed by atoms with Gasteiger partial charge in [0.2, 0.25) is 0 Å². The number of rotatable bonds is 9. The monoisotopic (exact) mass is 470 g/mol. The fourth-order valence-electron chi connectivity index (χ4n) is 4.03. The molecule has 0 saturated carbocycles. The Morgan fingerprint density at radius 2 is 1.69 bits per heavy atom. The molecule has 0 aliphatic heterocycles. The van der Waals surface area contributed by atoms with Crippen LogP contribution in [0.25, 0.3) is 17.1 Å². The molecule has 1 aromatic heterocycles. The number of para-hydroxylation sites is 2. The average Bonchev–Trinajstić information content (AvgIpc) is 3.20. The van der Waals surface area contributed by atoms with Crippen LogP contribution in [-0.4, -0.2) is 23.3 Å². The second-order valence-electron chi connectivity index (χ2n) is 9.49. The minimum Gasteiger partial charge on any atom is -0.493 e. The third kappa shape index (κ3) is 5.86. The number of fused-ring (bicyclic) bond motifs is 1. The third-order valence-electron chi connectivity index (χ3n) is 5.94. The van der Waals surface area contributed by atoms with Crippen LogP contribution in [0.2, 0.25) is 0 Å². The highest BCUT2D eigenvalue weighted by molar-refractivity contribution is 5.75. The lowest BCUT2D eigenvalue weighted by molar-refractivity contribution is 0.261. The first-order valence-corrected chi connectivity index (χ1v) is 12.0. The number of hydrogen-bond donors (Lipinski definition) is 0. The molecule has 3 aromatic carbocycles. The first-order valence-electron chi connectivity index (χ1n) is 12.0. The number of hydrogen-bond acceptors (Lipinski definition) is 4. The van der Waals surface area contributed by atoms with Crippen LogP contribution in [0.5, 0.6) is 17.2 Å². The molecule has 0 unspecified atom stereocenters. The molecule has 182 valence electrons. The Kier molecular flexibility index (Phi) is 7.45. The van der Waals surface area contributed by atoms with Gasteiger partial charge in [0.05, 0.1) is 24.7 Å².